The van der Waals surface area contributed by atoms with Gasteiger partial charge in [0.2, 0.25) is 0 Å². The lowest BCUT2D eigenvalue weighted by Crippen LogP contribution is -2.36. The van der Waals surface area contributed by atoms with Gasteiger partial charge in [0, 0.05) is 61.2 Å². The van der Waals surface area contributed by atoms with Crippen molar-refractivity contribution < 1.29 is 0 Å². The largest absolute Gasteiger partial charge is 0.356 e. The number of hydrogen-bond donors (Lipinski definition) is 0. The average molecular weight is 348 g/mol. The van der Waals surface area contributed by atoms with Crippen LogP contribution in [0.3, 0.4) is 0 Å². The topological polar surface area (TPSA) is 45.2 Å². The van der Waals surface area contributed by atoms with Crippen molar-refractivity contribution in [2.45, 2.75) is 18.8 Å². The van der Waals surface area contributed by atoms with Crippen molar-refractivity contribution in [3.05, 3.63) is 29.0 Å². The molecule has 5 nitrogen and oxygen atoms in total. The van der Waals surface area contributed by atoms with Crippen LogP contribution in [0.1, 0.15) is 23.8 Å². The zero-order valence-electron chi connectivity index (χ0n) is 13.1. The number of thioether (sulfide) groups is 1. The molecule has 2 fully saturated rings. The molecular formula is C16H21N5S2. The summed E-state index contributed by atoms with van der Waals surface area (Å²) in [6.07, 6.45) is 6.06. The van der Waals surface area contributed by atoms with Gasteiger partial charge in [-0.05, 0) is 12.8 Å². The SMILES string of the molecule is c1nc(N2CCSCC2)cc(N2CCCC(c3nccs3)C2)n1. The fraction of sp³-hybridized carbons (Fsp3) is 0.562. The summed E-state index contributed by atoms with van der Waals surface area (Å²) in [5.74, 6) is 5.05. The van der Waals surface area contributed by atoms with Crippen molar-refractivity contribution in [1.82, 2.24) is 15.0 Å². The molecule has 0 N–H and O–H groups in total. The van der Waals surface area contributed by atoms with Crippen LogP contribution in [0.4, 0.5) is 11.6 Å². The first kappa shape index (κ1) is 15.2. The van der Waals surface area contributed by atoms with Crippen LogP contribution in [0.5, 0.6) is 0 Å². The molecular weight excluding hydrogens is 326 g/mol. The van der Waals surface area contributed by atoms with E-state index in [4.69, 9.17) is 0 Å². The van der Waals surface area contributed by atoms with E-state index >= 15 is 0 Å². The maximum absolute atomic E-state index is 4.54. The molecule has 23 heavy (non-hydrogen) atoms. The maximum atomic E-state index is 4.54. The highest BCUT2D eigenvalue weighted by atomic mass is 32.2. The van der Waals surface area contributed by atoms with Gasteiger partial charge in [0.25, 0.3) is 0 Å². The van der Waals surface area contributed by atoms with Gasteiger partial charge in [0.1, 0.15) is 18.0 Å². The Bertz CT molecular complexity index is 627. The van der Waals surface area contributed by atoms with Crippen molar-refractivity contribution >= 4 is 34.7 Å². The molecule has 0 aliphatic carbocycles. The van der Waals surface area contributed by atoms with Crippen LogP contribution in [0.15, 0.2) is 24.0 Å². The predicted molar refractivity (Wildman–Crippen MR) is 97.9 cm³/mol. The van der Waals surface area contributed by atoms with E-state index in [1.165, 1.54) is 29.4 Å². The van der Waals surface area contributed by atoms with Gasteiger partial charge in [-0.25, -0.2) is 15.0 Å². The van der Waals surface area contributed by atoms with Crippen molar-refractivity contribution in [2.75, 3.05) is 47.5 Å². The molecule has 4 heterocycles. The van der Waals surface area contributed by atoms with E-state index in [-0.39, 0.29) is 0 Å². The van der Waals surface area contributed by atoms with Crippen LogP contribution in [-0.2, 0) is 0 Å². The molecule has 0 radical (unpaired) electrons. The second kappa shape index (κ2) is 7.05. The Morgan fingerprint density at radius 3 is 2.61 bits per heavy atom. The van der Waals surface area contributed by atoms with Crippen LogP contribution in [0.2, 0.25) is 0 Å². The molecule has 2 aromatic rings. The molecule has 2 aliphatic heterocycles. The van der Waals surface area contributed by atoms with Gasteiger partial charge in [-0.15, -0.1) is 11.3 Å². The third-order valence-electron chi connectivity index (χ3n) is 4.52. The first-order valence-electron chi connectivity index (χ1n) is 8.19. The Labute approximate surface area is 145 Å². The van der Waals surface area contributed by atoms with Crippen molar-refractivity contribution in [1.29, 1.82) is 0 Å². The fourth-order valence-electron chi connectivity index (χ4n) is 3.30. The summed E-state index contributed by atoms with van der Waals surface area (Å²) >= 11 is 3.79. The highest BCUT2D eigenvalue weighted by Gasteiger charge is 2.24. The van der Waals surface area contributed by atoms with E-state index in [2.05, 4.69) is 36.2 Å². The molecule has 0 spiro atoms. The van der Waals surface area contributed by atoms with Crippen molar-refractivity contribution in [2.24, 2.45) is 0 Å². The van der Waals surface area contributed by atoms with Gasteiger partial charge in [-0.3, -0.25) is 0 Å². The van der Waals surface area contributed by atoms with Crippen LogP contribution in [-0.4, -0.2) is 52.6 Å². The van der Waals surface area contributed by atoms with E-state index < -0.39 is 0 Å². The van der Waals surface area contributed by atoms with E-state index in [0.29, 0.717) is 5.92 Å². The standard InChI is InChI=1S/C16H21N5S2/c1-2-13(16-17-3-7-23-16)11-21(4-1)15-10-14(18-12-19-15)20-5-8-22-9-6-20/h3,7,10,12-13H,1-2,4-6,8-9,11H2. The highest BCUT2D eigenvalue weighted by Crippen LogP contribution is 2.31. The number of thiazole rings is 1. The summed E-state index contributed by atoms with van der Waals surface area (Å²) in [5.41, 5.74) is 0. The Morgan fingerprint density at radius 2 is 1.83 bits per heavy atom. The van der Waals surface area contributed by atoms with E-state index in [1.807, 2.05) is 18.0 Å². The summed E-state index contributed by atoms with van der Waals surface area (Å²) in [7, 11) is 0. The minimum Gasteiger partial charge on any atom is -0.356 e. The first-order chi connectivity index (χ1) is 11.4. The van der Waals surface area contributed by atoms with Crippen molar-refractivity contribution in [3.63, 3.8) is 0 Å². The number of aromatic nitrogens is 3. The lowest BCUT2D eigenvalue weighted by Gasteiger charge is -2.33. The van der Waals surface area contributed by atoms with Gasteiger partial charge >= 0.3 is 0 Å². The first-order valence-corrected chi connectivity index (χ1v) is 10.2. The normalized spacial score (nSPS) is 22.3. The average Bonchev–Trinajstić information content (AvgIpc) is 3.18. The molecule has 2 aliphatic rings. The smallest absolute Gasteiger partial charge is 0.134 e. The summed E-state index contributed by atoms with van der Waals surface area (Å²) in [6, 6.07) is 2.17. The van der Waals surface area contributed by atoms with Crippen LogP contribution < -0.4 is 9.80 Å². The minimum atomic E-state index is 0.536. The van der Waals surface area contributed by atoms with Crippen LogP contribution in [0, 0.1) is 0 Å². The van der Waals surface area contributed by atoms with Crippen LogP contribution >= 0.6 is 23.1 Å². The third-order valence-corrected chi connectivity index (χ3v) is 6.40. The molecule has 2 saturated heterocycles. The lowest BCUT2D eigenvalue weighted by atomic mass is 9.99. The number of rotatable bonds is 3. The highest BCUT2D eigenvalue weighted by molar-refractivity contribution is 7.99. The molecule has 2 aromatic heterocycles. The van der Waals surface area contributed by atoms with Gasteiger partial charge in [0.15, 0.2) is 0 Å². The van der Waals surface area contributed by atoms with Gasteiger partial charge in [-0.2, -0.15) is 11.8 Å². The lowest BCUT2D eigenvalue weighted by molar-refractivity contribution is 0.505. The second-order valence-electron chi connectivity index (χ2n) is 5.99. The number of anilines is 2. The molecule has 7 heteroatoms. The molecule has 1 unspecified atom stereocenters. The summed E-state index contributed by atoms with van der Waals surface area (Å²) < 4.78 is 0. The quantitative estimate of drug-likeness (QED) is 0.851. The zero-order valence-corrected chi connectivity index (χ0v) is 14.7. The fourth-order valence-corrected chi connectivity index (χ4v) is 4.97. The number of piperidine rings is 1. The molecule has 0 bridgehead atoms. The molecule has 0 amide bonds. The monoisotopic (exact) mass is 347 g/mol. The third kappa shape index (κ3) is 3.45. The summed E-state index contributed by atoms with van der Waals surface area (Å²) in [6.45, 7) is 4.26. The summed E-state index contributed by atoms with van der Waals surface area (Å²) in [5, 5.41) is 3.34. The Kier molecular flexibility index (Phi) is 4.66. The van der Waals surface area contributed by atoms with E-state index in [1.54, 1.807) is 17.7 Å². The second-order valence-corrected chi connectivity index (χ2v) is 8.14. The summed E-state index contributed by atoms with van der Waals surface area (Å²) in [4.78, 5) is 18.3. The van der Waals surface area contributed by atoms with Crippen molar-refractivity contribution in [3.8, 4) is 0 Å². The molecule has 0 aromatic carbocycles. The zero-order chi connectivity index (χ0) is 15.5. The van der Waals surface area contributed by atoms with Crippen LogP contribution in [0.25, 0.3) is 0 Å². The minimum absolute atomic E-state index is 0.536. The van der Waals surface area contributed by atoms with Gasteiger partial charge in [0.05, 0.1) is 5.01 Å². The molecule has 122 valence electrons. The Balaban J connectivity index is 1.50. The molecule has 0 saturated carbocycles. The predicted octanol–water partition coefficient (Wildman–Crippen LogP) is 2.87. The number of nitrogens with zero attached hydrogens (tertiary/aromatic N) is 5. The Hall–Kier alpha value is -1.34. The Morgan fingerprint density at radius 1 is 1.00 bits per heavy atom. The molecule has 1 atom stereocenters. The van der Waals surface area contributed by atoms with Gasteiger partial charge in [-0.1, -0.05) is 0 Å². The van der Waals surface area contributed by atoms with Gasteiger partial charge < -0.3 is 9.80 Å². The van der Waals surface area contributed by atoms with E-state index in [9.17, 15) is 0 Å². The molecule has 4 rings (SSSR count). The van der Waals surface area contributed by atoms with E-state index in [0.717, 1.165) is 37.8 Å². The number of hydrogen-bond acceptors (Lipinski definition) is 7. The maximum Gasteiger partial charge on any atom is 0.134 e.